The van der Waals surface area contributed by atoms with Gasteiger partial charge in [-0.15, -0.1) is 11.3 Å². The summed E-state index contributed by atoms with van der Waals surface area (Å²) in [6.07, 6.45) is 0.0871. The fourth-order valence-corrected chi connectivity index (χ4v) is 4.77. The number of carbonyl (C=O) groups is 1. The topological polar surface area (TPSA) is 90.5 Å². The van der Waals surface area contributed by atoms with E-state index in [0.717, 1.165) is 16.9 Å². The second-order valence-electron chi connectivity index (χ2n) is 8.04. The van der Waals surface area contributed by atoms with Crippen molar-refractivity contribution in [2.24, 2.45) is 0 Å². The van der Waals surface area contributed by atoms with Gasteiger partial charge < -0.3 is 10.1 Å². The van der Waals surface area contributed by atoms with Crippen LogP contribution in [0.5, 0.6) is 0 Å². The van der Waals surface area contributed by atoms with Crippen molar-refractivity contribution in [3.8, 4) is 16.9 Å². The molecule has 0 spiro atoms. The predicted molar refractivity (Wildman–Crippen MR) is 129 cm³/mol. The fourth-order valence-electron chi connectivity index (χ4n) is 3.85. The summed E-state index contributed by atoms with van der Waals surface area (Å²) in [5.74, 6) is -0.171. The van der Waals surface area contributed by atoms with E-state index >= 15 is 0 Å². The van der Waals surface area contributed by atoms with E-state index in [2.05, 4.69) is 30.2 Å². The number of benzene rings is 1. The third-order valence-electron chi connectivity index (χ3n) is 5.74. The van der Waals surface area contributed by atoms with E-state index in [1.54, 1.807) is 7.11 Å². The van der Waals surface area contributed by atoms with Gasteiger partial charge in [-0.05, 0) is 51.0 Å². The van der Waals surface area contributed by atoms with Crippen molar-refractivity contribution < 1.29 is 9.53 Å². The van der Waals surface area contributed by atoms with Crippen LogP contribution in [0.1, 0.15) is 28.2 Å². The number of hydrogen-bond acceptors (Lipinski definition) is 6. The number of ether oxygens (including phenoxy) is 1. The number of hydrogen-bond donors (Lipinski definition) is 1. The van der Waals surface area contributed by atoms with Crippen LogP contribution < -0.4 is 10.9 Å². The van der Waals surface area contributed by atoms with E-state index in [-0.39, 0.29) is 17.9 Å². The number of aryl methyl sites for hydroxylation is 3. The summed E-state index contributed by atoms with van der Waals surface area (Å²) < 4.78 is 8.35. The molecule has 4 aromatic rings. The van der Waals surface area contributed by atoms with Crippen LogP contribution >= 0.6 is 11.3 Å². The number of carbonyl (C=O) groups excluding carboxylic acids is 1. The van der Waals surface area contributed by atoms with E-state index in [9.17, 15) is 9.59 Å². The smallest absolute Gasteiger partial charge is 0.268 e. The highest BCUT2D eigenvalue weighted by atomic mass is 32.1. The van der Waals surface area contributed by atoms with Crippen molar-refractivity contribution >= 4 is 22.2 Å². The van der Waals surface area contributed by atoms with E-state index < -0.39 is 0 Å². The molecule has 3 heterocycles. The van der Waals surface area contributed by atoms with E-state index in [1.165, 1.54) is 21.3 Å². The highest BCUT2D eigenvalue weighted by Gasteiger charge is 2.20. The van der Waals surface area contributed by atoms with Crippen molar-refractivity contribution in [2.75, 3.05) is 20.3 Å². The van der Waals surface area contributed by atoms with Crippen LogP contribution in [0.25, 0.3) is 21.9 Å². The second-order valence-corrected chi connectivity index (χ2v) is 8.88. The van der Waals surface area contributed by atoms with Gasteiger partial charge in [-0.2, -0.15) is 5.10 Å². The summed E-state index contributed by atoms with van der Waals surface area (Å²) in [7, 11) is 1.58. The maximum atomic E-state index is 13.6. The van der Waals surface area contributed by atoms with Crippen LogP contribution in [0.3, 0.4) is 0 Å². The summed E-state index contributed by atoms with van der Waals surface area (Å²) in [4.78, 5) is 31.1. The molecule has 0 unspecified atom stereocenters. The standard InChI is InChI=1S/C24H27N5O3S/c1-14-7-6-8-20(16(14)3)29-15(2)11-19(27-29)22-17(4)26-24-28(23(22)31)18(13-33-24)12-21(30)25-9-10-32-5/h6-8,11,13H,9-10,12H2,1-5H3,(H,25,30). The Balaban J connectivity index is 1.77. The first-order chi connectivity index (χ1) is 15.8. The summed E-state index contributed by atoms with van der Waals surface area (Å²) in [6.45, 7) is 8.77. The molecule has 172 valence electrons. The van der Waals surface area contributed by atoms with Crippen LogP contribution in [0.15, 0.2) is 34.4 Å². The molecule has 4 rings (SSSR count). The van der Waals surface area contributed by atoms with Crippen molar-refractivity contribution in [3.05, 3.63) is 68.2 Å². The lowest BCUT2D eigenvalue weighted by Crippen LogP contribution is -2.30. The van der Waals surface area contributed by atoms with Gasteiger partial charge in [0.2, 0.25) is 5.91 Å². The molecule has 0 bridgehead atoms. The molecule has 0 fully saturated rings. The van der Waals surface area contributed by atoms with Crippen LogP contribution in [0.4, 0.5) is 0 Å². The molecule has 8 nitrogen and oxygen atoms in total. The third kappa shape index (κ3) is 4.34. The molecule has 1 amide bonds. The van der Waals surface area contributed by atoms with Gasteiger partial charge in [0.25, 0.3) is 5.56 Å². The highest BCUT2D eigenvalue weighted by Crippen LogP contribution is 2.25. The maximum Gasteiger partial charge on any atom is 0.268 e. The molecule has 0 aliphatic rings. The van der Waals surface area contributed by atoms with Crippen LogP contribution in [0, 0.1) is 27.7 Å². The van der Waals surface area contributed by atoms with Gasteiger partial charge >= 0.3 is 0 Å². The number of amides is 1. The first kappa shape index (κ1) is 22.9. The Morgan fingerprint density at radius 3 is 2.76 bits per heavy atom. The van der Waals surface area contributed by atoms with Crippen LogP contribution in [-0.2, 0) is 16.0 Å². The van der Waals surface area contributed by atoms with E-state index in [4.69, 9.17) is 9.84 Å². The molecule has 33 heavy (non-hydrogen) atoms. The first-order valence-electron chi connectivity index (χ1n) is 10.7. The molecule has 9 heteroatoms. The molecule has 0 radical (unpaired) electrons. The molecule has 0 atom stereocenters. The van der Waals surface area contributed by atoms with Gasteiger partial charge in [0.15, 0.2) is 4.96 Å². The number of thiazole rings is 1. The van der Waals surface area contributed by atoms with Gasteiger partial charge in [-0.25, -0.2) is 9.67 Å². The second kappa shape index (κ2) is 9.29. The summed E-state index contributed by atoms with van der Waals surface area (Å²) in [6, 6.07) is 7.99. The Bertz CT molecular complexity index is 1400. The largest absolute Gasteiger partial charge is 0.383 e. The van der Waals surface area contributed by atoms with Crippen molar-refractivity contribution in [2.45, 2.75) is 34.1 Å². The van der Waals surface area contributed by atoms with Gasteiger partial charge in [-0.1, -0.05) is 12.1 Å². The minimum Gasteiger partial charge on any atom is -0.383 e. The molecule has 3 aromatic heterocycles. The minimum absolute atomic E-state index is 0.0871. The summed E-state index contributed by atoms with van der Waals surface area (Å²) in [5, 5.41) is 9.38. The normalized spacial score (nSPS) is 11.3. The van der Waals surface area contributed by atoms with Crippen molar-refractivity contribution in [3.63, 3.8) is 0 Å². The maximum absolute atomic E-state index is 13.6. The quantitative estimate of drug-likeness (QED) is 0.424. The van der Waals surface area contributed by atoms with Gasteiger partial charge in [-0.3, -0.25) is 14.0 Å². The Kier molecular flexibility index (Phi) is 6.44. The Morgan fingerprint density at radius 1 is 1.21 bits per heavy atom. The Hall–Kier alpha value is -3.30. The zero-order valence-corrected chi connectivity index (χ0v) is 20.2. The fraction of sp³-hybridized carbons (Fsp3) is 0.333. The van der Waals surface area contributed by atoms with Gasteiger partial charge in [0, 0.05) is 30.4 Å². The molecule has 0 aliphatic heterocycles. The Labute approximate surface area is 195 Å². The molecular formula is C24H27N5O3S. The predicted octanol–water partition coefficient (Wildman–Crippen LogP) is 3.15. The van der Waals surface area contributed by atoms with Crippen molar-refractivity contribution in [1.29, 1.82) is 0 Å². The molecule has 0 saturated heterocycles. The van der Waals surface area contributed by atoms with Crippen molar-refractivity contribution in [1.82, 2.24) is 24.5 Å². The number of nitrogens with one attached hydrogen (secondary N) is 1. The van der Waals surface area contributed by atoms with E-state index in [1.807, 2.05) is 42.1 Å². The average Bonchev–Trinajstić information content (AvgIpc) is 3.33. The summed E-state index contributed by atoms with van der Waals surface area (Å²) >= 11 is 1.35. The highest BCUT2D eigenvalue weighted by molar-refractivity contribution is 7.15. The average molecular weight is 466 g/mol. The molecule has 0 aliphatic carbocycles. The lowest BCUT2D eigenvalue weighted by molar-refractivity contribution is -0.120. The lowest BCUT2D eigenvalue weighted by Gasteiger charge is -2.10. The number of methoxy groups -OCH3 is 1. The van der Waals surface area contributed by atoms with Crippen LogP contribution in [-0.4, -0.2) is 45.3 Å². The Morgan fingerprint density at radius 2 is 2.00 bits per heavy atom. The molecule has 0 saturated carbocycles. The number of nitrogens with zero attached hydrogens (tertiary/aromatic N) is 4. The third-order valence-corrected chi connectivity index (χ3v) is 6.61. The SMILES string of the molecule is COCCNC(=O)Cc1csc2nc(C)c(-c3cc(C)n(-c4cccc(C)c4C)n3)c(=O)n12. The van der Waals surface area contributed by atoms with Gasteiger partial charge in [0.05, 0.1) is 30.0 Å². The number of aromatic nitrogens is 4. The van der Waals surface area contributed by atoms with Gasteiger partial charge in [0.1, 0.15) is 5.69 Å². The number of fused-ring (bicyclic) bond motifs is 1. The first-order valence-corrected chi connectivity index (χ1v) is 11.6. The van der Waals surface area contributed by atoms with Crippen LogP contribution in [0.2, 0.25) is 0 Å². The molecular weight excluding hydrogens is 438 g/mol. The van der Waals surface area contributed by atoms with E-state index in [0.29, 0.717) is 40.8 Å². The molecule has 1 aromatic carbocycles. The monoisotopic (exact) mass is 465 g/mol. The zero-order chi connectivity index (χ0) is 23.7. The lowest BCUT2D eigenvalue weighted by atomic mass is 10.1. The number of rotatable bonds is 7. The minimum atomic E-state index is -0.218. The zero-order valence-electron chi connectivity index (χ0n) is 19.4. The molecule has 1 N–H and O–H groups in total. The summed E-state index contributed by atoms with van der Waals surface area (Å²) in [5.41, 5.74) is 6.23.